The Morgan fingerprint density at radius 1 is 1.44 bits per heavy atom. The molecule has 1 aromatic heterocycles. The summed E-state index contributed by atoms with van der Waals surface area (Å²) in [7, 11) is 0. The highest BCUT2D eigenvalue weighted by Crippen LogP contribution is 2.32. The normalized spacial score (nSPS) is 14.6. The summed E-state index contributed by atoms with van der Waals surface area (Å²) in [6, 6.07) is 2.77. The zero-order valence-corrected chi connectivity index (χ0v) is 10.2. The van der Waals surface area contributed by atoms with Gasteiger partial charge in [-0.15, -0.1) is 0 Å². The summed E-state index contributed by atoms with van der Waals surface area (Å²) in [4.78, 5) is 4.30. The van der Waals surface area contributed by atoms with E-state index in [9.17, 15) is 9.50 Å². The molecule has 0 bridgehead atoms. The fraction of sp³-hybridized carbons (Fsp3) is 0.250. The van der Waals surface area contributed by atoms with Crippen LogP contribution in [0.15, 0.2) is 18.3 Å². The molecule has 1 aliphatic heterocycles. The highest BCUT2D eigenvalue weighted by atomic mass is 35.5. The highest BCUT2D eigenvalue weighted by Gasteiger charge is 2.17. The maximum atomic E-state index is 13.5. The number of phenolic OH excluding ortho intramolecular Hbond substituents is 1. The number of halogens is 2. The van der Waals surface area contributed by atoms with Gasteiger partial charge in [-0.25, -0.2) is 9.37 Å². The van der Waals surface area contributed by atoms with E-state index in [2.05, 4.69) is 10.3 Å². The van der Waals surface area contributed by atoms with Crippen molar-refractivity contribution in [1.29, 1.82) is 0 Å². The predicted molar refractivity (Wildman–Crippen MR) is 66.0 cm³/mol. The summed E-state index contributed by atoms with van der Waals surface area (Å²) >= 11 is 5.78. The van der Waals surface area contributed by atoms with Crippen LogP contribution in [0.4, 0.5) is 4.39 Å². The molecule has 1 aromatic carbocycles. The molecular formula is C12H11ClFN3O. The van der Waals surface area contributed by atoms with Crippen LogP contribution in [0, 0.1) is 5.82 Å². The lowest BCUT2D eigenvalue weighted by molar-refractivity contribution is 0.433. The van der Waals surface area contributed by atoms with Gasteiger partial charge in [0, 0.05) is 25.2 Å². The lowest BCUT2D eigenvalue weighted by atomic mass is 10.2. The first-order valence-corrected chi connectivity index (χ1v) is 5.98. The molecule has 6 heteroatoms. The standard InChI is InChI=1S/C12H11ClFN3O/c13-9-3-7(4-10(14)11(9)18)12-16-6-8-5-15-1-2-17(8)12/h3-4,6,15,18H,1-2,5H2. The zero-order chi connectivity index (χ0) is 12.7. The van der Waals surface area contributed by atoms with E-state index in [1.165, 1.54) is 12.1 Å². The van der Waals surface area contributed by atoms with E-state index in [1.54, 1.807) is 6.20 Å². The SMILES string of the molecule is Oc1c(F)cc(-c2ncc3n2CCNC3)cc1Cl. The Kier molecular flexibility index (Phi) is 2.72. The average Bonchev–Trinajstić information content (AvgIpc) is 2.79. The van der Waals surface area contributed by atoms with Gasteiger partial charge in [-0.1, -0.05) is 11.6 Å². The van der Waals surface area contributed by atoms with Gasteiger partial charge >= 0.3 is 0 Å². The maximum Gasteiger partial charge on any atom is 0.170 e. The number of benzene rings is 1. The maximum absolute atomic E-state index is 13.5. The molecule has 2 heterocycles. The monoisotopic (exact) mass is 267 g/mol. The van der Waals surface area contributed by atoms with Gasteiger partial charge in [0.15, 0.2) is 11.6 Å². The molecule has 0 radical (unpaired) electrons. The summed E-state index contributed by atoms with van der Waals surface area (Å²) in [6.07, 6.45) is 1.76. The summed E-state index contributed by atoms with van der Waals surface area (Å²) in [5.74, 6) is -0.580. The molecule has 2 aromatic rings. The van der Waals surface area contributed by atoms with E-state index in [0.29, 0.717) is 11.4 Å². The molecule has 2 N–H and O–H groups in total. The lowest BCUT2D eigenvalue weighted by Gasteiger charge is -2.18. The van der Waals surface area contributed by atoms with Crippen molar-refractivity contribution in [2.75, 3.05) is 6.54 Å². The van der Waals surface area contributed by atoms with Gasteiger partial charge in [0.1, 0.15) is 5.82 Å². The number of hydrogen-bond donors (Lipinski definition) is 2. The van der Waals surface area contributed by atoms with Crippen molar-refractivity contribution in [3.8, 4) is 17.1 Å². The number of aromatic hydroxyl groups is 1. The molecule has 94 valence electrons. The van der Waals surface area contributed by atoms with Crippen molar-refractivity contribution in [3.63, 3.8) is 0 Å². The Labute approximate surface area is 108 Å². The molecule has 0 saturated heterocycles. The molecule has 0 atom stereocenters. The van der Waals surface area contributed by atoms with Crippen molar-refractivity contribution in [2.24, 2.45) is 0 Å². The number of nitrogens with one attached hydrogen (secondary N) is 1. The van der Waals surface area contributed by atoms with E-state index in [-0.39, 0.29) is 5.02 Å². The summed E-state index contributed by atoms with van der Waals surface area (Å²) < 4.78 is 15.5. The van der Waals surface area contributed by atoms with Crippen LogP contribution in [0.3, 0.4) is 0 Å². The quantitative estimate of drug-likeness (QED) is 0.832. The van der Waals surface area contributed by atoms with Crippen molar-refractivity contribution < 1.29 is 9.50 Å². The van der Waals surface area contributed by atoms with Crippen LogP contribution in [-0.4, -0.2) is 21.2 Å². The summed E-state index contributed by atoms with van der Waals surface area (Å²) in [5.41, 5.74) is 1.63. The Balaban J connectivity index is 2.13. The topological polar surface area (TPSA) is 50.1 Å². The predicted octanol–water partition coefficient (Wildman–Crippen LogP) is 2.15. The van der Waals surface area contributed by atoms with E-state index in [4.69, 9.17) is 11.6 Å². The van der Waals surface area contributed by atoms with Crippen LogP contribution in [-0.2, 0) is 13.1 Å². The number of aromatic nitrogens is 2. The molecule has 0 saturated carbocycles. The van der Waals surface area contributed by atoms with Gasteiger partial charge in [0.2, 0.25) is 0 Å². The van der Waals surface area contributed by atoms with Gasteiger partial charge in [0.25, 0.3) is 0 Å². The number of imidazole rings is 1. The second-order valence-electron chi connectivity index (χ2n) is 4.19. The number of nitrogens with zero attached hydrogens (tertiary/aromatic N) is 2. The van der Waals surface area contributed by atoms with Crippen LogP contribution in [0.25, 0.3) is 11.4 Å². The Bertz CT molecular complexity index is 588. The number of rotatable bonds is 1. The van der Waals surface area contributed by atoms with Crippen LogP contribution < -0.4 is 5.32 Å². The molecule has 4 nitrogen and oxygen atoms in total. The first kappa shape index (κ1) is 11.5. The van der Waals surface area contributed by atoms with Crippen molar-refractivity contribution in [3.05, 3.63) is 34.9 Å². The van der Waals surface area contributed by atoms with Crippen LogP contribution in [0.1, 0.15) is 5.69 Å². The second kappa shape index (κ2) is 4.26. The first-order valence-electron chi connectivity index (χ1n) is 5.60. The molecule has 1 aliphatic rings. The van der Waals surface area contributed by atoms with Crippen molar-refractivity contribution >= 4 is 11.6 Å². The van der Waals surface area contributed by atoms with Gasteiger partial charge in [0.05, 0.1) is 16.9 Å². The van der Waals surface area contributed by atoms with Crippen molar-refractivity contribution in [2.45, 2.75) is 13.1 Å². The van der Waals surface area contributed by atoms with E-state index in [1.807, 2.05) is 4.57 Å². The van der Waals surface area contributed by atoms with Crippen LogP contribution in [0.2, 0.25) is 5.02 Å². The van der Waals surface area contributed by atoms with Crippen molar-refractivity contribution in [1.82, 2.24) is 14.9 Å². The van der Waals surface area contributed by atoms with Gasteiger partial charge in [-0.3, -0.25) is 0 Å². The largest absolute Gasteiger partial charge is 0.504 e. The average molecular weight is 268 g/mol. The lowest BCUT2D eigenvalue weighted by Crippen LogP contribution is -2.27. The third kappa shape index (κ3) is 1.76. The van der Waals surface area contributed by atoms with Crippen LogP contribution in [0.5, 0.6) is 5.75 Å². The fourth-order valence-electron chi connectivity index (χ4n) is 2.13. The second-order valence-corrected chi connectivity index (χ2v) is 4.60. The minimum absolute atomic E-state index is 0.00344. The van der Waals surface area contributed by atoms with E-state index in [0.717, 1.165) is 25.3 Å². The number of fused-ring (bicyclic) bond motifs is 1. The van der Waals surface area contributed by atoms with E-state index < -0.39 is 11.6 Å². The third-order valence-electron chi connectivity index (χ3n) is 3.03. The zero-order valence-electron chi connectivity index (χ0n) is 9.45. The Morgan fingerprint density at radius 3 is 3.06 bits per heavy atom. The Hall–Kier alpha value is -1.59. The molecule has 0 spiro atoms. The molecule has 3 rings (SSSR count). The molecule has 0 fully saturated rings. The first-order chi connectivity index (χ1) is 8.66. The fourth-order valence-corrected chi connectivity index (χ4v) is 2.34. The van der Waals surface area contributed by atoms with Crippen LogP contribution >= 0.6 is 11.6 Å². The molecule has 0 unspecified atom stereocenters. The molecular weight excluding hydrogens is 257 g/mol. The smallest absolute Gasteiger partial charge is 0.170 e. The highest BCUT2D eigenvalue weighted by molar-refractivity contribution is 6.32. The minimum Gasteiger partial charge on any atom is -0.504 e. The summed E-state index contributed by atoms with van der Waals surface area (Å²) in [5, 5.41) is 12.6. The number of hydrogen-bond acceptors (Lipinski definition) is 3. The molecule has 0 aliphatic carbocycles. The van der Waals surface area contributed by atoms with E-state index >= 15 is 0 Å². The molecule has 0 amide bonds. The summed E-state index contributed by atoms with van der Waals surface area (Å²) in [6.45, 7) is 2.39. The van der Waals surface area contributed by atoms with Gasteiger partial charge in [-0.05, 0) is 12.1 Å². The Morgan fingerprint density at radius 2 is 2.28 bits per heavy atom. The van der Waals surface area contributed by atoms with Gasteiger partial charge in [-0.2, -0.15) is 0 Å². The molecule has 18 heavy (non-hydrogen) atoms. The number of phenols is 1. The van der Waals surface area contributed by atoms with Gasteiger partial charge < -0.3 is 15.0 Å². The minimum atomic E-state index is -0.733. The third-order valence-corrected chi connectivity index (χ3v) is 3.32.